The first-order valence-electron chi connectivity index (χ1n) is 7.54. The Bertz CT molecular complexity index is 792. The molecule has 1 fully saturated rings. The number of hydrogen-bond acceptors (Lipinski definition) is 3. The van der Waals surface area contributed by atoms with Gasteiger partial charge < -0.3 is 9.88 Å². The van der Waals surface area contributed by atoms with E-state index in [1.807, 2.05) is 41.6 Å². The van der Waals surface area contributed by atoms with E-state index in [0.29, 0.717) is 6.54 Å². The van der Waals surface area contributed by atoms with Crippen molar-refractivity contribution in [2.75, 3.05) is 6.54 Å². The fourth-order valence-corrected chi connectivity index (χ4v) is 3.27. The van der Waals surface area contributed by atoms with Crippen LogP contribution in [-0.4, -0.2) is 43.4 Å². The summed E-state index contributed by atoms with van der Waals surface area (Å²) in [5, 5.41) is 8.83. The molecule has 1 amide bonds. The first-order valence-corrected chi connectivity index (χ1v) is 7.54. The van der Waals surface area contributed by atoms with Gasteiger partial charge in [-0.1, -0.05) is 11.3 Å². The number of aromatic nitrogens is 4. The van der Waals surface area contributed by atoms with E-state index < -0.39 is 0 Å². The minimum absolute atomic E-state index is 0.104. The summed E-state index contributed by atoms with van der Waals surface area (Å²) in [6.45, 7) is 1.51. The first kappa shape index (κ1) is 13.1. The van der Waals surface area contributed by atoms with Crippen LogP contribution in [0.5, 0.6) is 0 Å². The molecular weight excluding hydrogens is 278 g/mol. The van der Waals surface area contributed by atoms with Crippen LogP contribution in [0.3, 0.4) is 0 Å². The molecule has 0 saturated carbocycles. The van der Waals surface area contributed by atoms with Crippen LogP contribution in [0.15, 0.2) is 42.9 Å². The van der Waals surface area contributed by atoms with Crippen molar-refractivity contribution in [3.63, 3.8) is 0 Å². The van der Waals surface area contributed by atoms with E-state index in [9.17, 15) is 4.79 Å². The Labute approximate surface area is 127 Å². The fraction of sp³-hybridized carbons (Fsp3) is 0.312. The van der Waals surface area contributed by atoms with E-state index in [4.69, 9.17) is 0 Å². The summed E-state index contributed by atoms with van der Waals surface area (Å²) in [4.78, 5) is 18.1. The fourth-order valence-electron chi connectivity index (χ4n) is 3.27. The molecule has 112 valence electrons. The number of H-pyrrole nitrogens is 1. The van der Waals surface area contributed by atoms with Crippen molar-refractivity contribution in [3.05, 3.63) is 48.4 Å². The molecule has 6 heteroatoms. The lowest BCUT2D eigenvalue weighted by atomic mass is 10.1. The van der Waals surface area contributed by atoms with Crippen LogP contribution in [-0.2, 0) is 6.54 Å². The third-order valence-electron chi connectivity index (χ3n) is 4.33. The van der Waals surface area contributed by atoms with Crippen LogP contribution in [0, 0.1) is 0 Å². The van der Waals surface area contributed by atoms with Crippen LogP contribution in [0.4, 0.5) is 0 Å². The summed E-state index contributed by atoms with van der Waals surface area (Å²) >= 11 is 0. The van der Waals surface area contributed by atoms with Crippen molar-refractivity contribution in [2.24, 2.45) is 0 Å². The minimum Gasteiger partial charge on any atom is -0.361 e. The Hall–Kier alpha value is -2.63. The second kappa shape index (κ2) is 5.29. The van der Waals surface area contributed by atoms with Crippen molar-refractivity contribution < 1.29 is 4.79 Å². The average molecular weight is 295 g/mol. The molecule has 3 aromatic rings. The Morgan fingerprint density at radius 2 is 2.32 bits per heavy atom. The highest BCUT2D eigenvalue weighted by Gasteiger charge is 2.30. The molecule has 6 nitrogen and oxygen atoms in total. The Balaban J connectivity index is 1.62. The Morgan fingerprint density at radius 3 is 3.18 bits per heavy atom. The molecule has 3 heterocycles. The van der Waals surface area contributed by atoms with Crippen LogP contribution >= 0.6 is 0 Å². The molecular formula is C16H17N5O. The number of amides is 1. The van der Waals surface area contributed by atoms with Crippen LogP contribution in [0.1, 0.15) is 23.2 Å². The maximum absolute atomic E-state index is 13.0. The number of rotatable bonds is 3. The quantitative estimate of drug-likeness (QED) is 0.804. The lowest BCUT2D eigenvalue weighted by molar-refractivity contribution is 0.0723. The maximum Gasteiger partial charge on any atom is 0.254 e. The van der Waals surface area contributed by atoms with E-state index in [0.717, 1.165) is 35.9 Å². The number of benzene rings is 1. The number of aromatic amines is 1. The molecule has 1 atom stereocenters. The van der Waals surface area contributed by atoms with Gasteiger partial charge in [-0.25, -0.2) is 0 Å². The normalized spacial score (nSPS) is 18.2. The zero-order valence-electron chi connectivity index (χ0n) is 12.1. The van der Waals surface area contributed by atoms with E-state index >= 15 is 0 Å². The van der Waals surface area contributed by atoms with Gasteiger partial charge in [0.05, 0.1) is 18.8 Å². The molecule has 0 bridgehead atoms. The second-order valence-corrected chi connectivity index (χ2v) is 5.66. The number of fused-ring (bicyclic) bond motifs is 1. The van der Waals surface area contributed by atoms with Crippen LogP contribution < -0.4 is 0 Å². The molecule has 1 N–H and O–H groups in total. The number of nitrogens with zero attached hydrogens (tertiary/aromatic N) is 4. The van der Waals surface area contributed by atoms with Gasteiger partial charge in [-0.2, -0.15) is 0 Å². The van der Waals surface area contributed by atoms with Gasteiger partial charge in [0.15, 0.2) is 0 Å². The Morgan fingerprint density at radius 1 is 1.36 bits per heavy atom. The summed E-state index contributed by atoms with van der Waals surface area (Å²) < 4.78 is 1.80. The summed E-state index contributed by atoms with van der Waals surface area (Å²) in [5.74, 6) is 0.104. The Kier molecular flexibility index (Phi) is 3.14. The predicted molar refractivity (Wildman–Crippen MR) is 82.4 cm³/mol. The zero-order valence-corrected chi connectivity index (χ0v) is 12.1. The van der Waals surface area contributed by atoms with Crippen molar-refractivity contribution in [2.45, 2.75) is 25.4 Å². The number of nitrogens with one attached hydrogen (secondary N) is 1. The summed E-state index contributed by atoms with van der Waals surface area (Å²) in [7, 11) is 0. The highest BCUT2D eigenvalue weighted by atomic mass is 16.2. The predicted octanol–water partition coefficient (Wildman–Crippen LogP) is 2.06. The van der Waals surface area contributed by atoms with Crippen molar-refractivity contribution in [1.29, 1.82) is 0 Å². The van der Waals surface area contributed by atoms with Crippen molar-refractivity contribution >= 4 is 16.8 Å². The number of carbonyl (C=O) groups excluding carboxylic acids is 1. The van der Waals surface area contributed by atoms with Crippen molar-refractivity contribution in [3.8, 4) is 0 Å². The molecule has 0 radical (unpaired) electrons. The molecule has 1 saturated heterocycles. The van der Waals surface area contributed by atoms with Gasteiger partial charge in [0.1, 0.15) is 0 Å². The van der Waals surface area contributed by atoms with Gasteiger partial charge in [-0.05, 0) is 31.0 Å². The van der Waals surface area contributed by atoms with Crippen molar-refractivity contribution in [1.82, 2.24) is 24.9 Å². The summed E-state index contributed by atoms with van der Waals surface area (Å²) in [6.07, 6.45) is 7.43. The summed E-state index contributed by atoms with van der Waals surface area (Å²) in [5.41, 5.74) is 1.77. The average Bonchev–Trinajstić information content (AvgIpc) is 3.27. The lowest BCUT2D eigenvalue weighted by Gasteiger charge is -2.25. The van der Waals surface area contributed by atoms with E-state index in [1.54, 1.807) is 10.9 Å². The molecule has 0 unspecified atom stereocenters. The highest BCUT2D eigenvalue weighted by molar-refractivity contribution is 6.06. The highest BCUT2D eigenvalue weighted by Crippen LogP contribution is 2.25. The minimum atomic E-state index is 0.104. The van der Waals surface area contributed by atoms with E-state index in [2.05, 4.69) is 15.3 Å². The summed E-state index contributed by atoms with van der Waals surface area (Å²) in [6, 6.07) is 7.97. The number of likely N-dealkylation sites (tertiary alicyclic amines) is 1. The molecule has 4 rings (SSSR count). The molecule has 22 heavy (non-hydrogen) atoms. The molecule has 0 aliphatic carbocycles. The zero-order chi connectivity index (χ0) is 14.9. The maximum atomic E-state index is 13.0. The van der Waals surface area contributed by atoms with Gasteiger partial charge in [-0.15, -0.1) is 5.10 Å². The van der Waals surface area contributed by atoms with Gasteiger partial charge in [0.2, 0.25) is 0 Å². The molecule has 0 spiro atoms. The number of carbonyl (C=O) groups is 1. The van der Waals surface area contributed by atoms with Crippen LogP contribution in [0.2, 0.25) is 0 Å². The molecule has 2 aromatic heterocycles. The van der Waals surface area contributed by atoms with E-state index in [-0.39, 0.29) is 11.9 Å². The standard InChI is InChI=1S/C16H17N5O/c22-16(14-4-1-5-15-13(14)6-7-17-15)21-9-2-3-12(21)11-20-10-8-18-19-20/h1,4-8,10,12,17H,2-3,9,11H2/t12-/m0/s1. The van der Waals surface area contributed by atoms with Gasteiger partial charge in [0.25, 0.3) is 5.91 Å². The second-order valence-electron chi connectivity index (χ2n) is 5.66. The SMILES string of the molecule is O=C(c1cccc2[nH]ccc12)N1CCC[C@H]1Cn1ccnn1. The largest absolute Gasteiger partial charge is 0.361 e. The monoisotopic (exact) mass is 295 g/mol. The first-order chi connectivity index (χ1) is 10.8. The lowest BCUT2D eigenvalue weighted by Crippen LogP contribution is -2.38. The van der Waals surface area contributed by atoms with Gasteiger partial charge in [0, 0.05) is 35.4 Å². The molecule has 1 aliphatic heterocycles. The van der Waals surface area contributed by atoms with E-state index in [1.165, 1.54) is 0 Å². The molecule has 1 aliphatic rings. The van der Waals surface area contributed by atoms with Gasteiger partial charge >= 0.3 is 0 Å². The third-order valence-corrected chi connectivity index (χ3v) is 4.33. The van der Waals surface area contributed by atoms with Gasteiger partial charge in [-0.3, -0.25) is 9.48 Å². The topological polar surface area (TPSA) is 66.8 Å². The third kappa shape index (κ3) is 2.16. The smallest absolute Gasteiger partial charge is 0.254 e. The molecule has 1 aromatic carbocycles. The van der Waals surface area contributed by atoms with Crippen LogP contribution in [0.25, 0.3) is 10.9 Å². The number of hydrogen-bond donors (Lipinski definition) is 1.